The Morgan fingerprint density at radius 2 is 1.55 bits per heavy atom. The van der Waals surface area contributed by atoms with E-state index in [4.69, 9.17) is 9.47 Å². The number of rotatable bonds is 6. The molecule has 29 heavy (non-hydrogen) atoms. The van der Waals surface area contributed by atoms with Crippen LogP contribution >= 0.6 is 0 Å². The highest BCUT2D eigenvalue weighted by molar-refractivity contribution is 6.25. The fraction of sp³-hybridized carbons (Fsp3) is 0.167. The van der Waals surface area contributed by atoms with Gasteiger partial charge in [0.15, 0.2) is 0 Å². The second kappa shape index (κ2) is 8.29. The van der Waals surface area contributed by atoms with Gasteiger partial charge >= 0.3 is 0 Å². The van der Waals surface area contributed by atoms with Crippen molar-refractivity contribution in [1.29, 1.82) is 0 Å². The van der Waals surface area contributed by atoms with E-state index in [9.17, 15) is 9.59 Å². The molecule has 1 aliphatic rings. The number of benzene rings is 3. The minimum absolute atomic E-state index is 0.120. The second-order valence-electron chi connectivity index (χ2n) is 6.89. The van der Waals surface area contributed by atoms with Gasteiger partial charge in [-0.25, -0.2) is 4.90 Å². The molecule has 0 spiro atoms. The highest BCUT2D eigenvalue weighted by Crippen LogP contribution is 2.25. The Bertz CT molecular complexity index is 1010. The number of ether oxygens (including phenoxy) is 2. The van der Waals surface area contributed by atoms with Gasteiger partial charge in [-0.05, 0) is 48.9 Å². The van der Waals surface area contributed by atoms with Gasteiger partial charge in [0.25, 0.3) is 11.8 Å². The summed E-state index contributed by atoms with van der Waals surface area (Å²) < 4.78 is 11.0. The second-order valence-corrected chi connectivity index (χ2v) is 6.89. The topological polar surface area (TPSA) is 59.1 Å². The number of amides is 2. The van der Waals surface area contributed by atoms with E-state index < -0.39 is 5.91 Å². The molecule has 0 aromatic heterocycles. The minimum atomic E-state index is -0.405. The van der Waals surface area contributed by atoms with Crippen molar-refractivity contribution in [3.63, 3.8) is 0 Å². The van der Waals surface area contributed by atoms with Crippen LogP contribution in [-0.2, 0) is 4.74 Å². The molecule has 1 atom stereocenters. The Balaban J connectivity index is 1.68. The van der Waals surface area contributed by atoms with Crippen molar-refractivity contribution >= 4 is 17.5 Å². The van der Waals surface area contributed by atoms with Crippen LogP contribution in [0, 0.1) is 6.92 Å². The average molecular weight is 387 g/mol. The molecule has 5 heteroatoms. The molecule has 5 nitrogen and oxygen atoms in total. The number of imide groups is 1. The van der Waals surface area contributed by atoms with Crippen molar-refractivity contribution in [3.8, 4) is 5.75 Å². The lowest BCUT2D eigenvalue weighted by atomic mass is 10.1. The molecule has 1 saturated heterocycles. The largest absolute Gasteiger partial charge is 0.490 e. The molecule has 0 radical (unpaired) electrons. The summed E-state index contributed by atoms with van der Waals surface area (Å²) >= 11 is 0. The molecule has 3 aromatic carbocycles. The predicted molar refractivity (Wildman–Crippen MR) is 110 cm³/mol. The lowest BCUT2D eigenvalue weighted by Crippen LogP contribution is -2.37. The van der Waals surface area contributed by atoms with E-state index in [2.05, 4.69) is 0 Å². The van der Waals surface area contributed by atoms with Crippen molar-refractivity contribution in [2.24, 2.45) is 0 Å². The van der Waals surface area contributed by atoms with Crippen LogP contribution in [0.2, 0.25) is 0 Å². The van der Waals surface area contributed by atoms with Crippen LogP contribution in [0.4, 0.5) is 5.69 Å². The Kier molecular flexibility index (Phi) is 5.40. The number of carbonyl (C=O) groups excluding carboxylic acids is 2. The lowest BCUT2D eigenvalue weighted by Gasteiger charge is -2.22. The number of hydrogen-bond donors (Lipinski definition) is 0. The highest BCUT2D eigenvalue weighted by Gasteiger charge is 2.27. The highest BCUT2D eigenvalue weighted by atomic mass is 16.6. The number of para-hydroxylation sites is 1. The van der Waals surface area contributed by atoms with Crippen LogP contribution in [0.3, 0.4) is 0 Å². The number of aryl methyl sites for hydroxylation is 1. The molecule has 0 bridgehead atoms. The first-order valence-corrected chi connectivity index (χ1v) is 9.47. The third-order valence-corrected chi connectivity index (χ3v) is 4.70. The fourth-order valence-corrected chi connectivity index (χ4v) is 2.98. The lowest BCUT2D eigenvalue weighted by molar-refractivity contribution is 0.0897. The van der Waals surface area contributed by atoms with Crippen LogP contribution in [-0.4, -0.2) is 31.1 Å². The van der Waals surface area contributed by atoms with Crippen LogP contribution < -0.4 is 9.64 Å². The van der Waals surface area contributed by atoms with E-state index in [-0.39, 0.29) is 12.0 Å². The van der Waals surface area contributed by atoms with Crippen molar-refractivity contribution in [2.75, 3.05) is 18.1 Å². The molecule has 4 rings (SSSR count). The first-order valence-electron chi connectivity index (χ1n) is 9.47. The van der Waals surface area contributed by atoms with Crippen LogP contribution in [0.15, 0.2) is 78.9 Å². The van der Waals surface area contributed by atoms with Crippen molar-refractivity contribution in [1.82, 2.24) is 0 Å². The normalized spacial score (nSPS) is 14.9. The van der Waals surface area contributed by atoms with Gasteiger partial charge < -0.3 is 9.47 Å². The summed E-state index contributed by atoms with van der Waals surface area (Å²) in [7, 11) is 0. The third-order valence-electron chi connectivity index (χ3n) is 4.70. The molecule has 0 aliphatic carbocycles. The zero-order valence-electron chi connectivity index (χ0n) is 16.1. The zero-order valence-corrected chi connectivity index (χ0v) is 16.1. The molecule has 1 unspecified atom stereocenters. The third kappa shape index (κ3) is 4.36. The summed E-state index contributed by atoms with van der Waals surface area (Å²) in [6, 6.07) is 22.9. The van der Waals surface area contributed by atoms with Gasteiger partial charge in [0.1, 0.15) is 18.5 Å². The van der Waals surface area contributed by atoms with E-state index >= 15 is 0 Å². The Morgan fingerprint density at radius 1 is 0.931 bits per heavy atom. The number of carbonyl (C=O) groups is 2. The molecular weight excluding hydrogens is 366 g/mol. The van der Waals surface area contributed by atoms with Gasteiger partial charge in [-0.3, -0.25) is 9.59 Å². The molecule has 3 aromatic rings. The molecule has 1 fully saturated rings. The van der Waals surface area contributed by atoms with Gasteiger partial charge in [-0.15, -0.1) is 0 Å². The monoisotopic (exact) mass is 387 g/mol. The van der Waals surface area contributed by atoms with Gasteiger partial charge in [0, 0.05) is 11.1 Å². The Labute approximate surface area is 169 Å². The predicted octanol–water partition coefficient (Wildman–Crippen LogP) is 4.26. The number of hydrogen-bond acceptors (Lipinski definition) is 4. The van der Waals surface area contributed by atoms with Gasteiger partial charge in [-0.2, -0.15) is 0 Å². The number of anilines is 1. The summed E-state index contributed by atoms with van der Waals surface area (Å²) in [5.41, 5.74) is 2.26. The van der Waals surface area contributed by atoms with E-state index in [0.717, 1.165) is 5.56 Å². The number of nitrogens with zero attached hydrogens (tertiary/aromatic N) is 1. The summed E-state index contributed by atoms with van der Waals surface area (Å²) in [5, 5.41) is 0. The zero-order chi connectivity index (χ0) is 20.2. The molecule has 1 heterocycles. The van der Waals surface area contributed by atoms with Crippen molar-refractivity contribution in [2.45, 2.75) is 13.0 Å². The van der Waals surface area contributed by atoms with Crippen molar-refractivity contribution < 1.29 is 19.1 Å². The van der Waals surface area contributed by atoms with Gasteiger partial charge in [-0.1, -0.05) is 42.5 Å². The van der Waals surface area contributed by atoms with Crippen molar-refractivity contribution in [3.05, 3.63) is 95.6 Å². The molecule has 146 valence electrons. The molecule has 0 saturated carbocycles. The molecule has 2 amide bonds. The molecular formula is C24H21NO4. The van der Waals surface area contributed by atoms with Gasteiger partial charge in [0.05, 0.1) is 12.3 Å². The van der Waals surface area contributed by atoms with Crippen LogP contribution in [0.5, 0.6) is 5.75 Å². The Morgan fingerprint density at radius 3 is 2.21 bits per heavy atom. The number of epoxide rings is 1. The smallest absolute Gasteiger partial charge is 0.265 e. The maximum Gasteiger partial charge on any atom is 0.265 e. The van der Waals surface area contributed by atoms with Gasteiger partial charge in [0.2, 0.25) is 0 Å². The first-order chi connectivity index (χ1) is 14.1. The summed E-state index contributed by atoms with van der Waals surface area (Å²) in [5.74, 6) is -0.166. The Hall–Kier alpha value is -3.44. The van der Waals surface area contributed by atoms with E-state index in [1.165, 1.54) is 4.90 Å². The quantitative estimate of drug-likeness (QED) is 0.468. The maximum atomic E-state index is 13.4. The summed E-state index contributed by atoms with van der Waals surface area (Å²) in [6.07, 6.45) is 0.120. The van der Waals surface area contributed by atoms with Crippen LogP contribution in [0.1, 0.15) is 26.3 Å². The maximum absolute atomic E-state index is 13.4. The molecule has 1 aliphatic heterocycles. The van der Waals surface area contributed by atoms with E-state index in [0.29, 0.717) is 35.8 Å². The summed E-state index contributed by atoms with van der Waals surface area (Å²) in [4.78, 5) is 27.8. The fourth-order valence-electron chi connectivity index (χ4n) is 2.98. The SMILES string of the molecule is Cc1ccc(C(=O)N(C(=O)c2ccccc2)c2ccccc2)cc1OCC1CO1. The van der Waals surface area contributed by atoms with E-state index in [1.54, 1.807) is 60.7 Å². The van der Waals surface area contributed by atoms with Crippen LogP contribution in [0.25, 0.3) is 0 Å². The standard InChI is InChI=1S/C24H21NO4/c1-17-12-13-19(14-22(17)29-16-21-15-28-21)24(27)25(20-10-6-3-7-11-20)23(26)18-8-4-2-5-9-18/h2-14,21H,15-16H2,1H3. The first kappa shape index (κ1) is 18.9. The van der Waals surface area contributed by atoms with E-state index in [1.807, 2.05) is 25.1 Å². The average Bonchev–Trinajstić information content (AvgIpc) is 3.59. The minimum Gasteiger partial charge on any atom is -0.490 e. The molecule has 0 N–H and O–H groups in total. The summed E-state index contributed by atoms with van der Waals surface area (Å²) in [6.45, 7) is 3.07.